The number of carbonyl (C=O) groups excluding carboxylic acids is 3. The summed E-state index contributed by atoms with van der Waals surface area (Å²) >= 11 is 0. The number of ether oxygens (including phenoxy) is 1. The number of benzene rings is 2. The number of carbonyl (C=O) groups is 3. The van der Waals surface area contributed by atoms with Gasteiger partial charge in [0.25, 0.3) is 0 Å². The molecule has 0 spiro atoms. The Morgan fingerprint density at radius 3 is 2.29 bits per heavy atom. The Morgan fingerprint density at radius 2 is 1.61 bits per heavy atom. The van der Waals surface area contributed by atoms with Crippen molar-refractivity contribution in [1.29, 1.82) is 0 Å². The molecule has 8 heteroatoms. The second-order valence-corrected chi connectivity index (χ2v) is 8.17. The van der Waals surface area contributed by atoms with Crippen molar-refractivity contribution in [2.45, 2.75) is 27.7 Å². The maximum atomic E-state index is 12.2. The largest absolute Gasteiger partial charge is 0.495 e. The van der Waals surface area contributed by atoms with Crippen LogP contribution in [0.15, 0.2) is 42.5 Å². The number of hydrogen-bond acceptors (Lipinski definition) is 5. The molecule has 0 fully saturated rings. The number of amides is 3. The highest BCUT2D eigenvalue weighted by Crippen LogP contribution is 2.25. The minimum absolute atomic E-state index is 0.0162. The van der Waals surface area contributed by atoms with Crippen molar-refractivity contribution in [3.05, 3.63) is 48.0 Å². The first-order chi connectivity index (χ1) is 14.6. The molecule has 31 heavy (non-hydrogen) atoms. The molecule has 2 rings (SSSR count). The van der Waals surface area contributed by atoms with Crippen molar-refractivity contribution in [3.8, 4) is 5.75 Å². The molecule has 0 radical (unpaired) electrons. The molecule has 2 aromatic carbocycles. The van der Waals surface area contributed by atoms with Crippen LogP contribution in [0.1, 0.15) is 26.3 Å². The Kier molecular flexibility index (Phi) is 8.01. The lowest BCUT2D eigenvalue weighted by Crippen LogP contribution is -2.36. The van der Waals surface area contributed by atoms with Crippen LogP contribution in [-0.4, -0.2) is 37.9 Å². The fourth-order valence-corrected chi connectivity index (χ4v) is 2.56. The van der Waals surface area contributed by atoms with E-state index in [0.717, 1.165) is 5.56 Å². The third-order valence-electron chi connectivity index (χ3n) is 4.33. The van der Waals surface area contributed by atoms with Gasteiger partial charge in [-0.25, -0.2) is 0 Å². The summed E-state index contributed by atoms with van der Waals surface area (Å²) in [5.74, 6) is -0.247. The first-order valence-electron chi connectivity index (χ1n) is 9.95. The van der Waals surface area contributed by atoms with Crippen molar-refractivity contribution >= 4 is 34.8 Å². The van der Waals surface area contributed by atoms with E-state index in [0.29, 0.717) is 22.8 Å². The number of nitrogens with one attached hydrogen (secondary N) is 4. The first-order valence-corrected chi connectivity index (χ1v) is 9.95. The Bertz CT molecular complexity index is 951. The fraction of sp³-hybridized carbons (Fsp3) is 0.348. The summed E-state index contributed by atoms with van der Waals surface area (Å²) in [4.78, 5) is 36.4. The van der Waals surface area contributed by atoms with Gasteiger partial charge >= 0.3 is 0 Å². The van der Waals surface area contributed by atoms with Crippen molar-refractivity contribution in [2.24, 2.45) is 5.41 Å². The summed E-state index contributed by atoms with van der Waals surface area (Å²) in [6, 6.07) is 12.5. The van der Waals surface area contributed by atoms with E-state index >= 15 is 0 Å². The highest BCUT2D eigenvalue weighted by atomic mass is 16.5. The van der Waals surface area contributed by atoms with E-state index in [4.69, 9.17) is 4.74 Å². The first kappa shape index (κ1) is 23.7. The van der Waals surface area contributed by atoms with E-state index in [1.807, 2.05) is 33.8 Å². The van der Waals surface area contributed by atoms with Gasteiger partial charge in [0.1, 0.15) is 5.75 Å². The third-order valence-corrected chi connectivity index (χ3v) is 4.33. The minimum atomic E-state index is -0.508. The van der Waals surface area contributed by atoms with Crippen LogP contribution in [0.4, 0.5) is 17.1 Å². The van der Waals surface area contributed by atoms with E-state index < -0.39 is 5.41 Å². The van der Waals surface area contributed by atoms with Gasteiger partial charge in [-0.3, -0.25) is 14.4 Å². The summed E-state index contributed by atoms with van der Waals surface area (Å²) < 4.78 is 5.23. The summed E-state index contributed by atoms with van der Waals surface area (Å²) in [5.41, 5.74) is 2.33. The molecule has 0 saturated heterocycles. The number of anilines is 3. The van der Waals surface area contributed by atoms with Gasteiger partial charge in [0, 0.05) is 16.8 Å². The maximum absolute atomic E-state index is 12.2. The molecule has 0 aliphatic carbocycles. The predicted octanol–water partition coefficient (Wildman–Crippen LogP) is 3.16. The minimum Gasteiger partial charge on any atom is -0.495 e. The molecule has 2 aromatic rings. The number of aryl methyl sites for hydroxylation is 1. The Morgan fingerprint density at radius 1 is 0.903 bits per heavy atom. The predicted molar refractivity (Wildman–Crippen MR) is 122 cm³/mol. The van der Waals surface area contributed by atoms with Crippen LogP contribution in [0.2, 0.25) is 0 Å². The summed E-state index contributed by atoms with van der Waals surface area (Å²) in [5, 5.41) is 11.1. The van der Waals surface area contributed by atoms with Crippen LogP contribution >= 0.6 is 0 Å². The molecule has 0 aromatic heterocycles. The Hall–Kier alpha value is -3.55. The van der Waals surface area contributed by atoms with Crippen LogP contribution in [0, 0.1) is 12.3 Å². The zero-order chi connectivity index (χ0) is 23.0. The number of methoxy groups -OCH3 is 1. The van der Waals surface area contributed by atoms with Crippen LogP contribution in [0.25, 0.3) is 0 Å². The van der Waals surface area contributed by atoms with E-state index in [9.17, 15) is 14.4 Å². The summed E-state index contributed by atoms with van der Waals surface area (Å²) in [6.07, 6.45) is 0. The second kappa shape index (κ2) is 10.5. The number of hydrogen-bond donors (Lipinski definition) is 4. The summed E-state index contributed by atoms with van der Waals surface area (Å²) in [6.45, 7) is 7.23. The molecular formula is C23H30N4O4. The molecule has 3 amide bonds. The molecule has 0 bridgehead atoms. The molecule has 0 saturated carbocycles. The highest BCUT2D eigenvalue weighted by molar-refractivity contribution is 5.96. The van der Waals surface area contributed by atoms with E-state index in [1.165, 1.54) is 7.11 Å². The van der Waals surface area contributed by atoms with E-state index in [-0.39, 0.29) is 30.8 Å². The lowest BCUT2D eigenvalue weighted by molar-refractivity contribution is -0.123. The van der Waals surface area contributed by atoms with E-state index in [2.05, 4.69) is 21.3 Å². The molecule has 4 N–H and O–H groups in total. The van der Waals surface area contributed by atoms with E-state index in [1.54, 1.807) is 36.4 Å². The molecule has 8 nitrogen and oxygen atoms in total. The van der Waals surface area contributed by atoms with Gasteiger partial charge in [0.15, 0.2) is 0 Å². The zero-order valence-electron chi connectivity index (χ0n) is 18.6. The molecule has 166 valence electrons. The van der Waals surface area contributed by atoms with Crippen molar-refractivity contribution in [2.75, 3.05) is 36.1 Å². The van der Waals surface area contributed by atoms with Gasteiger partial charge in [-0.1, -0.05) is 32.9 Å². The molecule has 0 unspecified atom stereocenters. The van der Waals surface area contributed by atoms with Crippen LogP contribution in [-0.2, 0) is 14.4 Å². The molecule has 0 heterocycles. The monoisotopic (exact) mass is 426 g/mol. The van der Waals surface area contributed by atoms with Gasteiger partial charge in [-0.15, -0.1) is 0 Å². The topological polar surface area (TPSA) is 109 Å². The average molecular weight is 427 g/mol. The van der Waals surface area contributed by atoms with Gasteiger partial charge in [-0.05, 0) is 42.8 Å². The maximum Gasteiger partial charge on any atom is 0.243 e. The molecule has 0 aliphatic rings. The van der Waals surface area contributed by atoms with Crippen LogP contribution < -0.4 is 26.0 Å². The van der Waals surface area contributed by atoms with Gasteiger partial charge in [-0.2, -0.15) is 0 Å². The van der Waals surface area contributed by atoms with Crippen molar-refractivity contribution in [3.63, 3.8) is 0 Å². The van der Waals surface area contributed by atoms with Crippen LogP contribution in [0.5, 0.6) is 5.75 Å². The van der Waals surface area contributed by atoms with Gasteiger partial charge < -0.3 is 26.0 Å². The quantitative estimate of drug-likeness (QED) is 0.519. The zero-order valence-corrected chi connectivity index (χ0v) is 18.6. The normalized spacial score (nSPS) is 10.7. The van der Waals surface area contributed by atoms with Crippen molar-refractivity contribution < 1.29 is 19.1 Å². The molecular weight excluding hydrogens is 396 g/mol. The highest BCUT2D eigenvalue weighted by Gasteiger charge is 2.21. The SMILES string of the molecule is COc1ccc(C)cc1NC(=O)CNC(=O)CNc1cccc(NC(=O)C(C)(C)C)c1. The van der Waals surface area contributed by atoms with Crippen molar-refractivity contribution in [1.82, 2.24) is 5.32 Å². The lowest BCUT2D eigenvalue weighted by Gasteiger charge is -2.18. The lowest BCUT2D eigenvalue weighted by atomic mass is 9.95. The standard InChI is InChI=1S/C23H30N4O4/c1-15-9-10-19(31-5)18(11-15)27-21(29)14-25-20(28)13-24-16-7-6-8-17(12-16)26-22(30)23(2,3)4/h6-12,24H,13-14H2,1-5H3,(H,25,28)(H,26,30)(H,27,29). The second-order valence-electron chi connectivity index (χ2n) is 8.17. The fourth-order valence-electron chi connectivity index (χ4n) is 2.56. The summed E-state index contributed by atoms with van der Waals surface area (Å²) in [7, 11) is 1.53. The Labute approximate surface area is 182 Å². The Balaban J connectivity index is 1.82. The molecule has 0 atom stereocenters. The van der Waals surface area contributed by atoms with Crippen LogP contribution in [0.3, 0.4) is 0 Å². The average Bonchev–Trinajstić information content (AvgIpc) is 2.70. The third kappa shape index (κ3) is 7.65. The smallest absolute Gasteiger partial charge is 0.243 e. The van der Waals surface area contributed by atoms with Gasteiger partial charge in [0.05, 0.1) is 25.9 Å². The van der Waals surface area contributed by atoms with Gasteiger partial charge in [0.2, 0.25) is 17.7 Å². The molecule has 0 aliphatic heterocycles. The number of rotatable bonds is 8.